The Bertz CT molecular complexity index is 1050. The Balaban J connectivity index is 0.000000148. The molecule has 6 aliphatic heterocycles. The highest BCUT2D eigenvalue weighted by molar-refractivity contribution is 5.74. The molecule has 6 heterocycles. The van der Waals surface area contributed by atoms with Crippen molar-refractivity contribution in [1.82, 2.24) is 0 Å². The number of methoxy groups -OCH3 is 3. The van der Waals surface area contributed by atoms with Gasteiger partial charge in [-0.1, -0.05) is 6.92 Å². The van der Waals surface area contributed by atoms with Gasteiger partial charge in [-0.15, -0.1) is 0 Å². The van der Waals surface area contributed by atoms with E-state index in [1.807, 2.05) is 6.92 Å². The van der Waals surface area contributed by atoms with Crippen molar-refractivity contribution >= 4 is 29.8 Å². The highest BCUT2D eigenvalue weighted by Crippen LogP contribution is 2.49. The SMILES string of the molecule is CCC(=O)OCOC.CCOC.COC(C)=O.O=C1OC2CC3CC(C2)CC1C3.O=C1OC2CC3CC(C2)CC1C3.O=C1OC2CC3CC(C2)CC1C3. The second kappa shape index (κ2) is 21.4. The van der Waals surface area contributed by atoms with Crippen LogP contribution < -0.4 is 0 Å². The first-order valence-electron chi connectivity index (χ1n) is 20.2. The smallest absolute Gasteiger partial charge is 0.309 e. The molecule has 0 aromatic carbocycles. The average molecular weight is 751 g/mol. The molecule has 12 nitrogen and oxygen atoms in total. The maximum atomic E-state index is 11.4. The van der Waals surface area contributed by atoms with Gasteiger partial charge in [0.05, 0.1) is 24.9 Å². The van der Waals surface area contributed by atoms with Gasteiger partial charge in [0.15, 0.2) is 6.79 Å². The lowest BCUT2D eigenvalue weighted by Gasteiger charge is -2.35. The van der Waals surface area contributed by atoms with Crippen LogP contribution in [-0.2, 0) is 57.1 Å². The van der Waals surface area contributed by atoms with E-state index in [1.54, 1.807) is 14.0 Å². The third-order valence-electron chi connectivity index (χ3n) is 12.3. The molecule has 6 aliphatic carbocycles. The van der Waals surface area contributed by atoms with E-state index in [1.165, 1.54) is 40.4 Å². The van der Waals surface area contributed by atoms with Crippen LogP contribution in [0.5, 0.6) is 0 Å². The largest absolute Gasteiger partial charge is 0.469 e. The van der Waals surface area contributed by atoms with Crippen LogP contribution >= 0.6 is 0 Å². The normalized spacial score (nSPS) is 36.8. The minimum absolute atomic E-state index is 0.0622. The molecule has 12 rings (SSSR count). The molecule has 0 amide bonds. The number of hydrogen-bond acceptors (Lipinski definition) is 12. The van der Waals surface area contributed by atoms with Gasteiger partial charge < -0.3 is 33.2 Å². The first kappa shape index (κ1) is 43.0. The minimum atomic E-state index is -0.245. The highest BCUT2D eigenvalue weighted by atomic mass is 16.7. The molecule has 6 saturated carbocycles. The summed E-state index contributed by atoms with van der Waals surface area (Å²) >= 11 is 0. The molecule has 6 unspecified atom stereocenters. The van der Waals surface area contributed by atoms with Gasteiger partial charge in [0.25, 0.3) is 0 Å². The van der Waals surface area contributed by atoms with Gasteiger partial charge in [-0.3, -0.25) is 24.0 Å². The molecule has 6 atom stereocenters. The molecular weight excluding hydrogens is 684 g/mol. The third kappa shape index (κ3) is 13.5. The number of hydrogen-bond donors (Lipinski definition) is 0. The Labute approximate surface area is 316 Å². The van der Waals surface area contributed by atoms with Gasteiger partial charge in [0.2, 0.25) is 0 Å². The van der Waals surface area contributed by atoms with Crippen LogP contribution in [0.25, 0.3) is 0 Å². The Morgan fingerprint density at radius 2 is 0.811 bits per heavy atom. The number of carbonyl (C=O) groups is 5. The lowest BCUT2D eigenvalue weighted by Crippen LogP contribution is -2.29. The topological polar surface area (TPSA) is 150 Å². The fourth-order valence-corrected chi connectivity index (χ4v) is 10.2. The number of rotatable bonds is 4. The molecular formula is C41H66O12. The van der Waals surface area contributed by atoms with E-state index < -0.39 is 0 Å². The van der Waals surface area contributed by atoms with Crippen molar-refractivity contribution in [3.63, 3.8) is 0 Å². The number of fused-ring (bicyclic) bond motifs is 3. The quantitative estimate of drug-likeness (QED) is 0.173. The van der Waals surface area contributed by atoms with Crippen LogP contribution in [0.4, 0.5) is 0 Å². The van der Waals surface area contributed by atoms with Crippen LogP contribution in [0, 0.1) is 53.3 Å². The zero-order chi connectivity index (χ0) is 38.5. The van der Waals surface area contributed by atoms with Gasteiger partial charge in [-0.2, -0.15) is 0 Å². The summed E-state index contributed by atoms with van der Waals surface area (Å²) in [7, 11) is 4.51. The third-order valence-corrected chi connectivity index (χ3v) is 12.3. The van der Waals surface area contributed by atoms with Crippen molar-refractivity contribution in [1.29, 1.82) is 0 Å². The molecule has 0 N–H and O–H groups in total. The standard InChI is InChI=1S/3C10H14O2.C5H10O3.C3H6O2.C3H8O/c3*11-10-8-2-6-1-7(3-8)5-9(4-6)12-10;1-3-5(6)8-4-7-2;1-3(4)5-2;1-3-4-2/h3*6-9H,1-5H2;3-4H2,1-2H3;1-2H3;3H2,1-2H3. The van der Waals surface area contributed by atoms with Crippen LogP contribution in [0.2, 0.25) is 0 Å². The first-order valence-corrected chi connectivity index (χ1v) is 20.2. The Morgan fingerprint density at radius 1 is 0.528 bits per heavy atom. The Morgan fingerprint density at radius 3 is 1.02 bits per heavy atom. The van der Waals surface area contributed by atoms with Gasteiger partial charge in [0.1, 0.15) is 18.3 Å². The zero-order valence-electron chi connectivity index (χ0n) is 33.1. The van der Waals surface area contributed by atoms with Crippen molar-refractivity contribution < 1.29 is 57.1 Å². The molecule has 0 aromatic rings. The lowest BCUT2D eigenvalue weighted by molar-refractivity contribution is -0.154. The fraction of sp³-hybridized carbons (Fsp3) is 0.878. The number of carbonyl (C=O) groups excluding carboxylic acids is 5. The van der Waals surface area contributed by atoms with Gasteiger partial charge in [-0.25, -0.2) is 0 Å². The monoisotopic (exact) mass is 750 g/mol. The molecule has 12 fully saturated rings. The van der Waals surface area contributed by atoms with E-state index in [0.29, 0.717) is 6.42 Å². The Hall–Kier alpha value is -2.73. The zero-order valence-corrected chi connectivity index (χ0v) is 33.1. The van der Waals surface area contributed by atoms with E-state index in [-0.39, 0.29) is 72.7 Å². The van der Waals surface area contributed by atoms with Crippen LogP contribution in [0.15, 0.2) is 0 Å². The summed E-state index contributed by atoms with van der Waals surface area (Å²) in [4.78, 5) is 54.2. The van der Waals surface area contributed by atoms with Crippen LogP contribution in [-0.4, -0.2) is 82.9 Å². The second-order valence-corrected chi connectivity index (χ2v) is 16.5. The molecule has 12 aliphatic rings. The van der Waals surface area contributed by atoms with Crippen molar-refractivity contribution in [2.45, 2.75) is 142 Å². The predicted octanol–water partition coefficient (Wildman–Crippen LogP) is 6.59. The minimum Gasteiger partial charge on any atom is -0.469 e. The van der Waals surface area contributed by atoms with E-state index in [0.717, 1.165) is 119 Å². The lowest BCUT2D eigenvalue weighted by atomic mass is 9.68. The van der Waals surface area contributed by atoms with Crippen molar-refractivity contribution in [2.75, 3.05) is 34.7 Å². The summed E-state index contributed by atoms with van der Waals surface area (Å²) in [6.07, 6.45) is 19.0. The molecule has 12 heteroatoms. The van der Waals surface area contributed by atoms with Crippen LogP contribution in [0.3, 0.4) is 0 Å². The maximum absolute atomic E-state index is 11.4. The highest BCUT2D eigenvalue weighted by Gasteiger charge is 2.46. The fourth-order valence-electron chi connectivity index (χ4n) is 10.2. The van der Waals surface area contributed by atoms with E-state index in [9.17, 15) is 24.0 Å². The molecule has 12 bridgehead atoms. The van der Waals surface area contributed by atoms with Gasteiger partial charge in [-0.05, 0) is 139 Å². The average Bonchev–Trinajstić information content (AvgIpc) is 3.51. The number of ether oxygens (including phenoxy) is 7. The summed E-state index contributed by atoms with van der Waals surface area (Å²) in [5, 5.41) is 0. The van der Waals surface area contributed by atoms with E-state index in [2.05, 4.69) is 18.9 Å². The first-order chi connectivity index (χ1) is 25.4. The number of esters is 5. The van der Waals surface area contributed by atoms with Crippen LogP contribution in [0.1, 0.15) is 124 Å². The summed E-state index contributed by atoms with van der Waals surface area (Å²) in [6.45, 7) is 5.94. The summed E-state index contributed by atoms with van der Waals surface area (Å²) in [5.41, 5.74) is 0. The summed E-state index contributed by atoms with van der Waals surface area (Å²) < 4.78 is 33.8. The molecule has 53 heavy (non-hydrogen) atoms. The predicted molar refractivity (Wildman–Crippen MR) is 194 cm³/mol. The summed E-state index contributed by atoms with van der Waals surface area (Å²) in [6, 6.07) is 0. The molecule has 0 spiro atoms. The molecule has 302 valence electrons. The van der Waals surface area contributed by atoms with Crippen molar-refractivity contribution in [3.05, 3.63) is 0 Å². The van der Waals surface area contributed by atoms with E-state index in [4.69, 9.17) is 14.2 Å². The maximum Gasteiger partial charge on any atom is 0.309 e. The van der Waals surface area contributed by atoms with Gasteiger partial charge >= 0.3 is 29.8 Å². The summed E-state index contributed by atoms with van der Waals surface area (Å²) in [5.74, 6) is 5.45. The molecule has 6 saturated heterocycles. The second-order valence-electron chi connectivity index (χ2n) is 16.5. The van der Waals surface area contributed by atoms with Gasteiger partial charge in [0, 0.05) is 34.2 Å². The van der Waals surface area contributed by atoms with E-state index >= 15 is 0 Å². The molecule has 0 aromatic heterocycles. The molecule has 0 radical (unpaired) electrons. The Kier molecular flexibility index (Phi) is 17.4. The van der Waals surface area contributed by atoms with Crippen molar-refractivity contribution in [3.8, 4) is 0 Å². The van der Waals surface area contributed by atoms with Crippen molar-refractivity contribution in [2.24, 2.45) is 53.3 Å².